The zero-order valence-electron chi connectivity index (χ0n) is 14.3. The van der Waals surface area contributed by atoms with Crippen LogP contribution >= 0.6 is 0 Å². The summed E-state index contributed by atoms with van der Waals surface area (Å²) >= 11 is 0. The number of likely N-dealkylation sites (tertiary alicyclic amines) is 1. The standard InChI is InChI=1S/C17H25NO5/c1-15(2)16(3)7-8-17(15,23-14(16)21)13(20)18-9-5-11(6-10-18)12(19)22-4/h11H,5-10H2,1-4H3/t16-,17+/m0/s1. The minimum Gasteiger partial charge on any atom is -0.469 e. The summed E-state index contributed by atoms with van der Waals surface area (Å²) in [5, 5.41) is 0. The number of carbonyl (C=O) groups excluding carboxylic acids is 3. The van der Waals surface area contributed by atoms with Gasteiger partial charge in [0.2, 0.25) is 0 Å². The van der Waals surface area contributed by atoms with Crippen molar-refractivity contribution < 1.29 is 23.9 Å². The maximum absolute atomic E-state index is 13.2. The number of hydrogen-bond donors (Lipinski definition) is 0. The molecule has 0 aromatic carbocycles. The fourth-order valence-corrected chi connectivity index (χ4v) is 4.46. The Morgan fingerprint density at radius 3 is 2.22 bits per heavy atom. The van der Waals surface area contributed by atoms with E-state index in [4.69, 9.17) is 9.47 Å². The first kappa shape index (κ1) is 16.3. The summed E-state index contributed by atoms with van der Waals surface area (Å²) in [6, 6.07) is 0. The number of esters is 2. The summed E-state index contributed by atoms with van der Waals surface area (Å²) in [5.41, 5.74) is -2.16. The predicted octanol–water partition coefficient (Wildman–Crippen LogP) is 1.52. The topological polar surface area (TPSA) is 72.9 Å². The highest BCUT2D eigenvalue weighted by Crippen LogP contribution is 2.66. The van der Waals surface area contributed by atoms with E-state index in [-0.39, 0.29) is 23.8 Å². The van der Waals surface area contributed by atoms with Gasteiger partial charge in [0.05, 0.1) is 18.4 Å². The Kier molecular flexibility index (Phi) is 3.50. The molecule has 0 N–H and O–H groups in total. The number of hydrogen-bond acceptors (Lipinski definition) is 5. The van der Waals surface area contributed by atoms with Gasteiger partial charge in [0.25, 0.3) is 5.91 Å². The quantitative estimate of drug-likeness (QED) is 0.720. The molecular formula is C17H25NO5. The largest absolute Gasteiger partial charge is 0.469 e. The molecule has 0 aromatic rings. The molecule has 2 aliphatic heterocycles. The third-order valence-corrected chi connectivity index (χ3v) is 6.75. The molecule has 128 valence electrons. The second kappa shape index (κ2) is 4.95. The second-order valence-corrected chi connectivity index (χ2v) is 7.76. The van der Waals surface area contributed by atoms with E-state index in [0.29, 0.717) is 38.8 Å². The van der Waals surface area contributed by atoms with E-state index >= 15 is 0 Å². The Bertz CT molecular complexity index is 563. The lowest BCUT2D eigenvalue weighted by Gasteiger charge is -2.41. The molecule has 0 spiro atoms. The molecule has 2 saturated heterocycles. The van der Waals surface area contributed by atoms with Crippen LogP contribution in [0.3, 0.4) is 0 Å². The molecule has 23 heavy (non-hydrogen) atoms. The summed E-state index contributed by atoms with van der Waals surface area (Å²) in [6.07, 6.45) is 2.46. The van der Waals surface area contributed by atoms with Crippen LogP contribution in [-0.4, -0.2) is 48.5 Å². The van der Waals surface area contributed by atoms with Gasteiger partial charge in [-0.1, -0.05) is 13.8 Å². The highest BCUT2D eigenvalue weighted by Gasteiger charge is 2.76. The van der Waals surface area contributed by atoms with Crippen molar-refractivity contribution in [1.82, 2.24) is 4.90 Å². The molecule has 2 bridgehead atoms. The lowest BCUT2D eigenvalue weighted by Crippen LogP contribution is -2.56. The number of nitrogens with zero attached hydrogens (tertiary/aromatic N) is 1. The lowest BCUT2D eigenvalue weighted by molar-refractivity contribution is -0.175. The molecular weight excluding hydrogens is 298 g/mol. The minimum absolute atomic E-state index is 0.0969. The third kappa shape index (κ3) is 1.90. The zero-order chi connectivity index (χ0) is 17.0. The molecule has 3 fully saturated rings. The number of rotatable bonds is 2. The molecule has 3 aliphatic rings. The van der Waals surface area contributed by atoms with Crippen LogP contribution < -0.4 is 0 Å². The molecule has 3 rings (SSSR count). The van der Waals surface area contributed by atoms with Gasteiger partial charge in [0.15, 0.2) is 5.60 Å². The molecule has 1 saturated carbocycles. The van der Waals surface area contributed by atoms with Gasteiger partial charge in [-0.2, -0.15) is 0 Å². The van der Waals surface area contributed by atoms with E-state index in [9.17, 15) is 14.4 Å². The van der Waals surface area contributed by atoms with Crippen molar-refractivity contribution in [2.45, 2.75) is 52.1 Å². The average Bonchev–Trinajstić information content (AvgIpc) is 2.84. The van der Waals surface area contributed by atoms with Gasteiger partial charge in [0.1, 0.15) is 0 Å². The zero-order valence-corrected chi connectivity index (χ0v) is 14.3. The van der Waals surface area contributed by atoms with Gasteiger partial charge in [-0.05, 0) is 32.6 Å². The van der Waals surface area contributed by atoms with E-state index in [0.717, 1.165) is 0 Å². The van der Waals surface area contributed by atoms with Crippen molar-refractivity contribution >= 4 is 17.8 Å². The van der Waals surface area contributed by atoms with Crippen molar-refractivity contribution in [1.29, 1.82) is 0 Å². The van der Waals surface area contributed by atoms with Crippen LogP contribution in [0.4, 0.5) is 0 Å². The van der Waals surface area contributed by atoms with E-state index in [2.05, 4.69) is 0 Å². The number of methoxy groups -OCH3 is 1. The number of fused-ring (bicyclic) bond motifs is 2. The molecule has 0 radical (unpaired) electrons. The molecule has 2 heterocycles. The van der Waals surface area contributed by atoms with Crippen LogP contribution in [0.1, 0.15) is 46.5 Å². The number of carbonyl (C=O) groups is 3. The fourth-order valence-electron chi connectivity index (χ4n) is 4.46. The summed E-state index contributed by atoms with van der Waals surface area (Å²) in [7, 11) is 1.39. The summed E-state index contributed by atoms with van der Waals surface area (Å²) in [5.74, 6) is -0.710. The van der Waals surface area contributed by atoms with Crippen LogP contribution in [0, 0.1) is 16.7 Å². The molecule has 1 aliphatic carbocycles. The first-order chi connectivity index (χ1) is 10.7. The van der Waals surface area contributed by atoms with Crippen LogP contribution in [-0.2, 0) is 23.9 Å². The smallest absolute Gasteiger partial charge is 0.313 e. The van der Waals surface area contributed by atoms with Crippen LogP contribution in [0.5, 0.6) is 0 Å². The molecule has 6 heteroatoms. The third-order valence-electron chi connectivity index (χ3n) is 6.75. The highest BCUT2D eigenvalue weighted by atomic mass is 16.6. The van der Waals surface area contributed by atoms with Gasteiger partial charge >= 0.3 is 11.9 Å². The van der Waals surface area contributed by atoms with Crippen LogP contribution in [0.15, 0.2) is 0 Å². The maximum Gasteiger partial charge on any atom is 0.313 e. The monoisotopic (exact) mass is 323 g/mol. The number of ether oxygens (including phenoxy) is 2. The van der Waals surface area contributed by atoms with E-state index in [1.165, 1.54) is 7.11 Å². The molecule has 2 atom stereocenters. The van der Waals surface area contributed by atoms with Crippen LogP contribution in [0.25, 0.3) is 0 Å². The van der Waals surface area contributed by atoms with E-state index in [1.54, 1.807) is 4.90 Å². The second-order valence-electron chi connectivity index (χ2n) is 7.76. The summed E-state index contributed by atoms with van der Waals surface area (Å²) < 4.78 is 10.4. The normalized spacial score (nSPS) is 36.0. The number of piperidine rings is 1. The first-order valence-electron chi connectivity index (χ1n) is 8.30. The van der Waals surface area contributed by atoms with Crippen molar-refractivity contribution in [2.24, 2.45) is 16.7 Å². The van der Waals surface area contributed by atoms with Gasteiger partial charge in [-0.3, -0.25) is 14.4 Å². The molecule has 1 amide bonds. The maximum atomic E-state index is 13.2. The predicted molar refractivity (Wildman–Crippen MR) is 81.3 cm³/mol. The minimum atomic E-state index is -1.04. The highest BCUT2D eigenvalue weighted by molar-refractivity contribution is 5.96. The summed E-state index contributed by atoms with van der Waals surface area (Å²) in [4.78, 5) is 38.8. The van der Waals surface area contributed by atoms with Gasteiger partial charge in [-0.25, -0.2) is 0 Å². The van der Waals surface area contributed by atoms with Crippen molar-refractivity contribution in [3.63, 3.8) is 0 Å². The Hall–Kier alpha value is -1.59. The van der Waals surface area contributed by atoms with Crippen molar-refractivity contribution in [2.75, 3.05) is 20.2 Å². The lowest BCUT2D eigenvalue weighted by atomic mass is 9.66. The Morgan fingerprint density at radius 2 is 1.78 bits per heavy atom. The Labute approximate surface area is 136 Å². The van der Waals surface area contributed by atoms with Crippen LogP contribution in [0.2, 0.25) is 0 Å². The van der Waals surface area contributed by atoms with Gasteiger partial charge < -0.3 is 14.4 Å². The molecule has 0 aromatic heterocycles. The van der Waals surface area contributed by atoms with E-state index < -0.39 is 16.4 Å². The molecule has 6 nitrogen and oxygen atoms in total. The van der Waals surface area contributed by atoms with Crippen molar-refractivity contribution in [3.8, 4) is 0 Å². The Balaban J connectivity index is 1.77. The van der Waals surface area contributed by atoms with Crippen molar-refractivity contribution in [3.05, 3.63) is 0 Å². The SMILES string of the molecule is COC(=O)C1CCN(C(=O)[C@@]23CC[C@@](C)(C(=O)O2)C3(C)C)CC1. The average molecular weight is 323 g/mol. The van der Waals surface area contributed by atoms with Gasteiger partial charge in [-0.15, -0.1) is 0 Å². The fraction of sp³-hybridized carbons (Fsp3) is 0.824. The Morgan fingerprint density at radius 1 is 1.17 bits per heavy atom. The van der Waals surface area contributed by atoms with E-state index in [1.807, 2.05) is 20.8 Å². The first-order valence-corrected chi connectivity index (χ1v) is 8.30. The summed E-state index contributed by atoms with van der Waals surface area (Å²) in [6.45, 7) is 6.84. The number of amides is 1. The molecule has 0 unspecified atom stereocenters. The van der Waals surface area contributed by atoms with Gasteiger partial charge in [0, 0.05) is 18.5 Å².